The Hall–Kier alpha value is -2.03. The summed E-state index contributed by atoms with van der Waals surface area (Å²) in [7, 11) is 0. The van der Waals surface area contributed by atoms with E-state index in [9.17, 15) is 0 Å². The molecule has 3 heteroatoms. The fourth-order valence-electron chi connectivity index (χ4n) is 2.16. The molecule has 1 aromatic heterocycles. The summed E-state index contributed by atoms with van der Waals surface area (Å²) in [6.07, 6.45) is 5.66. The van der Waals surface area contributed by atoms with Crippen molar-refractivity contribution in [1.82, 2.24) is 4.98 Å². The number of nitrogen functional groups attached to an aromatic ring is 1. The minimum atomic E-state index is 0.691. The summed E-state index contributed by atoms with van der Waals surface area (Å²) >= 11 is 0. The van der Waals surface area contributed by atoms with Gasteiger partial charge < -0.3 is 10.5 Å². The van der Waals surface area contributed by atoms with Gasteiger partial charge in [-0.2, -0.15) is 0 Å². The number of rotatable bonds is 1. The summed E-state index contributed by atoms with van der Waals surface area (Å²) in [5.74, 6) is 1.01. The molecule has 0 bridgehead atoms. The number of benzene rings is 1. The number of aromatic nitrogens is 1. The van der Waals surface area contributed by atoms with Gasteiger partial charge in [-0.25, -0.2) is 0 Å². The van der Waals surface area contributed by atoms with E-state index >= 15 is 0 Å². The van der Waals surface area contributed by atoms with Crippen molar-refractivity contribution < 1.29 is 4.74 Å². The SMILES string of the molecule is Nc1cncc(-c2ccc3c(c2)CCCO3)c1. The Kier molecular flexibility index (Phi) is 2.44. The van der Waals surface area contributed by atoms with E-state index in [1.165, 1.54) is 5.56 Å². The van der Waals surface area contributed by atoms with Crippen LogP contribution < -0.4 is 10.5 Å². The maximum Gasteiger partial charge on any atom is 0.122 e. The molecular formula is C14H14N2O. The van der Waals surface area contributed by atoms with Crippen LogP contribution in [0.15, 0.2) is 36.7 Å². The summed E-state index contributed by atoms with van der Waals surface area (Å²) in [5.41, 5.74) is 9.91. The first kappa shape index (κ1) is 10.1. The third-order valence-electron chi connectivity index (χ3n) is 3.00. The summed E-state index contributed by atoms with van der Waals surface area (Å²) in [6, 6.07) is 8.21. The zero-order valence-electron chi connectivity index (χ0n) is 9.52. The number of ether oxygens (including phenoxy) is 1. The van der Waals surface area contributed by atoms with Crippen LogP contribution in [-0.4, -0.2) is 11.6 Å². The van der Waals surface area contributed by atoms with Gasteiger partial charge in [-0.05, 0) is 42.2 Å². The van der Waals surface area contributed by atoms with Gasteiger partial charge in [0.1, 0.15) is 5.75 Å². The highest BCUT2D eigenvalue weighted by Gasteiger charge is 2.11. The predicted molar refractivity (Wildman–Crippen MR) is 67.9 cm³/mol. The molecule has 3 nitrogen and oxygen atoms in total. The number of anilines is 1. The molecule has 0 unspecified atom stereocenters. The highest BCUT2D eigenvalue weighted by Crippen LogP contribution is 2.30. The average molecular weight is 226 g/mol. The lowest BCUT2D eigenvalue weighted by Crippen LogP contribution is -2.08. The first-order valence-corrected chi connectivity index (χ1v) is 5.79. The Labute approximate surface area is 100 Å². The fourth-order valence-corrected chi connectivity index (χ4v) is 2.16. The Balaban J connectivity index is 2.04. The predicted octanol–water partition coefficient (Wildman–Crippen LogP) is 2.66. The van der Waals surface area contributed by atoms with Gasteiger partial charge in [0.2, 0.25) is 0 Å². The lowest BCUT2D eigenvalue weighted by atomic mass is 10.00. The van der Waals surface area contributed by atoms with Gasteiger partial charge >= 0.3 is 0 Å². The minimum absolute atomic E-state index is 0.691. The van der Waals surface area contributed by atoms with Crippen molar-refractivity contribution in [1.29, 1.82) is 0 Å². The van der Waals surface area contributed by atoms with Gasteiger partial charge in [0, 0.05) is 18.0 Å². The van der Waals surface area contributed by atoms with Crippen LogP contribution in [0.2, 0.25) is 0 Å². The van der Waals surface area contributed by atoms with Gasteiger partial charge in [-0.15, -0.1) is 0 Å². The highest BCUT2D eigenvalue weighted by molar-refractivity contribution is 5.67. The molecule has 0 fully saturated rings. The van der Waals surface area contributed by atoms with Crippen LogP contribution in [0, 0.1) is 0 Å². The third-order valence-corrected chi connectivity index (χ3v) is 3.00. The van der Waals surface area contributed by atoms with Gasteiger partial charge in [0.25, 0.3) is 0 Å². The largest absolute Gasteiger partial charge is 0.493 e. The van der Waals surface area contributed by atoms with Gasteiger partial charge in [0.15, 0.2) is 0 Å². The van der Waals surface area contributed by atoms with Crippen molar-refractivity contribution in [3.63, 3.8) is 0 Å². The molecule has 0 aliphatic carbocycles. The third kappa shape index (κ3) is 1.96. The van der Waals surface area contributed by atoms with E-state index in [0.29, 0.717) is 5.69 Å². The summed E-state index contributed by atoms with van der Waals surface area (Å²) in [6.45, 7) is 0.826. The second kappa shape index (κ2) is 4.09. The van der Waals surface area contributed by atoms with Crippen LogP contribution >= 0.6 is 0 Å². The lowest BCUT2D eigenvalue weighted by molar-refractivity contribution is 0.288. The van der Waals surface area contributed by atoms with Crippen LogP contribution in [-0.2, 0) is 6.42 Å². The molecular weight excluding hydrogens is 212 g/mol. The summed E-state index contributed by atoms with van der Waals surface area (Å²) < 4.78 is 5.60. The molecule has 86 valence electrons. The quantitative estimate of drug-likeness (QED) is 0.813. The van der Waals surface area contributed by atoms with Crippen molar-refractivity contribution in [2.24, 2.45) is 0 Å². The van der Waals surface area contributed by atoms with E-state index in [4.69, 9.17) is 10.5 Å². The van der Waals surface area contributed by atoms with E-state index in [1.807, 2.05) is 18.3 Å². The van der Waals surface area contributed by atoms with E-state index in [0.717, 1.165) is 36.3 Å². The Morgan fingerprint density at radius 2 is 2.06 bits per heavy atom. The molecule has 2 N–H and O–H groups in total. The molecule has 2 heterocycles. The maximum absolute atomic E-state index is 5.75. The topological polar surface area (TPSA) is 48.1 Å². The number of nitrogens with zero attached hydrogens (tertiary/aromatic N) is 1. The molecule has 3 rings (SSSR count). The molecule has 1 aliphatic heterocycles. The standard InChI is InChI=1S/C14H14N2O/c15-13-7-12(8-16-9-13)10-3-4-14-11(6-10)2-1-5-17-14/h3-4,6-9H,1-2,5,15H2. The zero-order chi connectivity index (χ0) is 11.7. The Morgan fingerprint density at radius 3 is 2.94 bits per heavy atom. The second-order valence-corrected chi connectivity index (χ2v) is 4.28. The lowest BCUT2D eigenvalue weighted by Gasteiger charge is -2.17. The van der Waals surface area contributed by atoms with Crippen molar-refractivity contribution in [2.45, 2.75) is 12.8 Å². The van der Waals surface area contributed by atoms with E-state index in [2.05, 4.69) is 17.1 Å². The maximum atomic E-state index is 5.75. The van der Waals surface area contributed by atoms with Crippen molar-refractivity contribution in [3.05, 3.63) is 42.2 Å². The van der Waals surface area contributed by atoms with Gasteiger partial charge in [-0.3, -0.25) is 4.98 Å². The Bertz CT molecular complexity index is 552. The number of aryl methyl sites for hydroxylation is 1. The van der Waals surface area contributed by atoms with E-state index in [-0.39, 0.29) is 0 Å². The molecule has 1 aromatic carbocycles. The van der Waals surface area contributed by atoms with Crippen LogP contribution in [0.4, 0.5) is 5.69 Å². The highest BCUT2D eigenvalue weighted by atomic mass is 16.5. The molecule has 2 aromatic rings. The smallest absolute Gasteiger partial charge is 0.122 e. The fraction of sp³-hybridized carbons (Fsp3) is 0.214. The van der Waals surface area contributed by atoms with Crippen LogP contribution in [0.25, 0.3) is 11.1 Å². The molecule has 17 heavy (non-hydrogen) atoms. The number of hydrogen-bond donors (Lipinski definition) is 1. The molecule has 1 aliphatic rings. The molecule has 0 saturated heterocycles. The minimum Gasteiger partial charge on any atom is -0.493 e. The average Bonchev–Trinajstić information content (AvgIpc) is 2.38. The van der Waals surface area contributed by atoms with E-state index in [1.54, 1.807) is 6.20 Å². The molecule has 0 atom stereocenters. The number of fused-ring (bicyclic) bond motifs is 1. The van der Waals surface area contributed by atoms with Crippen molar-refractivity contribution in [2.75, 3.05) is 12.3 Å². The van der Waals surface area contributed by atoms with Crippen LogP contribution in [0.3, 0.4) is 0 Å². The molecule has 0 amide bonds. The number of nitrogens with two attached hydrogens (primary N) is 1. The molecule has 0 saturated carbocycles. The van der Waals surface area contributed by atoms with E-state index < -0.39 is 0 Å². The monoisotopic (exact) mass is 226 g/mol. The number of hydrogen-bond acceptors (Lipinski definition) is 3. The summed E-state index contributed by atoms with van der Waals surface area (Å²) in [5, 5.41) is 0. The van der Waals surface area contributed by atoms with Crippen LogP contribution in [0.1, 0.15) is 12.0 Å². The molecule has 0 radical (unpaired) electrons. The summed E-state index contributed by atoms with van der Waals surface area (Å²) in [4.78, 5) is 4.12. The van der Waals surface area contributed by atoms with Crippen molar-refractivity contribution in [3.8, 4) is 16.9 Å². The number of pyridine rings is 1. The van der Waals surface area contributed by atoms with Crippen LogP contribution in [0.5, 0.6) is 5.75 Å². The normalized spacial score (nSPS) is 13.9. The first-order valence-electron chi connectivity index (χ1n) is 5.79. The molecule has 0 spiro atoms. The zero-order valence-corrected chi connectivity index (χ0v) is 9.52. The van der Waals surface area contributed by atoms with Crippen molar-refractivity contribution >= 4 is 5.69 Å². The first-order chi connectivity index (χ1) is 8.33. The second-order valence-electron chi connectivity index (χ2n) is 4.28. The Morgan fingerprint density at radius 1 is 1.12 bits per heavy atom. The van der Waals surface area contributed by atoms with Gasteiger partial charge in [-0.1, -0.05) is 6.07 Å². The van der Waals surface area contributed by atoms with Gasteiger partial charge in [0.05, 0.1) is 12.3 Å².